The fourth-order valence-electron chi connectivity index (χ4n) is 2.49. The quantitative estimate of drug-likeness (QED) is 0.796. The van der Waals surface area contributed by atoms with Crippen molar-refractivity contribution in [3.63, 3.8) is 0 Å². The van der Waals surface area contributed by atoms with Gasteiger partial charge in [-0.15, -0.1) is 0 Å². The molecular weight excluding hydrogens is 282 g/mol. The number of benzene rings is 2. The number of rotatable bonds is 5. The van der Waals surface area contributed by atoms with Crippen molar-refractivity contribution in [3.8, 4) is 0 Å². The van der Waals surface area contributed by atoms with Crippen LogP contribution in [0.15, 0.2) is 54.6 Å². The molecule has 0 bridgehead atoms. The number of hydrogen-bond acceptors (Lipinski definition) is 1. The molecule has 1 amide bonds. The van der Waals surface area contributed by atoms with Gasteiger partial charge in [-0.3, -0.25) is 4.79 Å². The molecule has 1 unspecified atom stereocenters. The Kier molecular flexibility index (Phi) is 5.40. The van der Waals surface area contributed by atoms with Gasteiger partial charge < -0.3 is 4.90 Å². The van der Waals surface area contributed by atoms with E-state index in [-0.39, 0.29) is 11.8 Å². The number of likely N-dealkylation sites (N-methyl/N-ethyl adjacent to an activating group) is 1. The predicted molar refractivity (Wildman–Crippen MR) is 87.4 cm³/mol. The van der Waals surface area contributed by atoms with Gasteiger partial charge in [-0.25, -0.2) is 0 Å². The smallest absolute Gasteiger partial charge is 0.230 e. The van der Waals surface area contributed by atoms with E-state index in [4.69, 9.17) is 11.6 Å². The van der Waals surface area contributed by atoms with Crippen LogP contribution in [0.2, 0.25) is 5.02 Å². The standard InChI is InChI=1S/C18H20ClNO/c1-3-17(15-9-5-4-6-10-15)18(21)20(2)13-14-8-7-11-16(19)12-14/h4-12,17H,3,13H2,1-2H3. The molecule has 0 aliphatic rings. The molecule has 2 rings (SSSR count). The van der Waals surface area contributed by atoms with Crippen LogP contribution in [0.3, 0.4) is 0 Å². The maximum atomic E-state index is 12.7. The maximum absolute atomic E-state index is 12.7. The van der Waals surface area contributed by atoms with Crippen LogP contribution in [0.1, 0.15) is 30.4 Å². The van der Waals surface area contributed by atoms with Crippen molar-refractivity contribution < 1.29 is 4.79 Å². The molecule has 2 nitrogen and oxygen atoms in total. The molecule has 0 saturated heterocycles. The molecule has 21 heavy (non-hydrogen) atoms. The molecule has 0 radical (unpaired) electrons. The molecule has 0 aliphatic heterocycles. The van der Waals surface area contributed by atoms with Gasteiger partial charge in [0.25, 0.3) is 0 Å². The second-order valence-electron chi connectivity index (χ2n) is 5.20. The predicted octanol–water partition coefficient (Wildman–Crippen LogP) is 4.49. The zero-order valence-corrected chi connectivity index (χ0v) is 13.2. The van der Waals surface area contributed by atoms with Crippen molar-refractivity contribution in [2.45, 2.75) is 25.8 Å². The van der Waals surface area contributed by atoms with Crippen LogP contribution in [-0.4, -0.2) is 17.9 Å². The summed E-state index contributed by atoms with van der Waals surface area (Å²) < 4.78 is 0. The second-order valence-corrected chi connectivity index (χ2v) is 5.63. The van der Waals surface area contributed by atoms with E-state index in [1.165, 1.54) is 0 Å². The molecule has 0 heterocycles. The Morgan fingerprint density at radius 1 is 1.14 bits per heavy atom. The van der Waals surface area contributed by atoms with Crippen LogP contribution in [0.4, 0.5) is 0 Å². The highest BCUT2D eigenvalue weighted by Gasteiger charge is 2.22. The molecule has 0 fully saturated rings. The molecule has 110 valence electrons. The Bertz CT molecular complexity index is 597. The minimum atomic E-state index is -0.0876. The van der Waals surface area contributed by atoms with Crippen molar-refractivity contribution in [1.82, 2.24) is 4.90 Å². The van der Waals surface area contributed by atoms with Gasteiger partial charge >= 0.3 is 0 Å². The average Bonchev–Trinajstić information content (AvgIpc) is 2.49. The van der Waals surface area contributed by atoms with Gasteiger partial charge in [0.15, 0.2) is 0 Å². The van der Waals surface area contributed by atoms with Gasteiger partial charge in [-0.1, -0.05) is 61.0 Å². The summed E-state index contributed by atoms with van der Waals surface area (Å²) in [6.07, 6.45) is 0.794. The first kappa shape index (κ1) is 15.6. The lowest BCUT2D eigenvalue weighted by molar-refractivity contribution is -0.132. The van der Waals surface area contributed by atoms with Crippen LogP contribution in [0.5, 0.6) is 0 Å². The Morgan fingerprint density at radius 3 is 2.48 bits per heavy atom. The van der Waals surface area contributed by atoms with Crippen LogP contribution < -0.4 is 0 Å². The number of nitrogens with zero attached hydrogens (tertiary/aromatic N) is 1. The summed E-state index contributed by atoms with van der Waals surface area (Å²) in [5, 5.41) is 0.698. The molecule has 1 atom stereocenters. The molecule has 3 heteroatoms. The third kappa shape index (κ3) is 4.08. The normalized spacial score (nSPS) is 12.0. The SMILES string of the molecule is CCC(C(=O)N(C)Cc1cccc(Cl)c1)c1ccccc1. The van der Waals surface area contributed by atoms with Crippen LogP contribution >= 0.6 is 11.6 Å². The number of carbonyl (C=O) groups is 1. The Morgan fingerprint density at radius 2 is 1.86 bits per heavy atom. The maximum Gasteiger partial charge on any atom is 0.230 e. The van der Waals surface area contributed by atoms with Crippen LogP contribution in [0, 0.1) is 0 Å². The highest BCUT2D eigenvalue weighted by molar-refractivity contribution is 6.30. The first-order chi connectivity index (χ1) is 10.1. The molecular formula is C18H20ClNO. The first-order valence-electron chi connectivity index (χ1n) is 7.16. The van der Waals surface area contributed by atoms with E-state index < -0.39 is 0 Å². The molecule has 0 N–H and O–H groups in total. The summed E-state index contributed by atoms with van der Waals surface area (Å²) in [5.74, 6) is 0.0547. The average molecular weight is 302 g/mol. The zero-order chi connectivity index (χ0) is 15.2. The largest absolute Gasteiger partial charge is 0.341 e. The topological polar surface area (TPSA) is 20.3 Å². The van der Waals surface area contributed by atoms with Crippen molar-refractivity contribution in [2.75, 3.05) is 7.05 Å². The zero-order valence-electron chi connectivity index (χ0n) is 12.4. The second kappa shape index (κ2) is 7.28. The summed E-state index contributed by atoms with van der Waals surface area (Å²) >= 11 is 5.99. The van der Waals surface area contributed by atoms with Gasteiger partial charge in [0.05, 0.1) is 5.92 Å². The van der Waals surface area contributed by atoms with E-state index in [0.717, 1.165) is 17.5 Å². The number of amides is 1. The Balaban J connectivity index is 2.10. The van der Waals surface area contributed by atoms with E-state index in [1.54, 1.807) is 4.90 Å². The fourth-order valence-corrected chi connectivity index (χ4v) is 2.70. The molecule has 0 aliphatic carbocycles. The monoisotopic (exact) mass is 301 g/mol. The lowest BCUT2D eigenvalue weighted by Gasteiger charge is -2.23. The minimum absolute atomic E-state index is 0.0876. The molecule has 2 aromatic carbocycles. The van der Waals surface area contributed by atoms with E-state index >= 15 is 0 Å². The van der Waals surface area contributed by atoms with E-state index in [0.29, 0.717) is 11.6 Å². The van der Waals surface area contributed by atoms with Crippen LogP contribution in [0.25, 0.3) is 0 Å². The van der Waals surface area contributed by atoms with Crippen LogP contribution in [-0.2, 0) is 11.3 Å². The van der Waals surface area contributed by atoms with Gasteiger partial charge in [-0.05, 0) is 29.7 Å². The third-order valence-electron chi connectivity index (χ3n) is 3.59. The fraction of sp³-hybridized carbons (Fsp3) is 0.278. The van der Waals surface area contributed by atoms with E-state index in [9.17, 15) is 4.79 Å². The van der Waals surface area contributed by atoms with Crippen molar-refractivity contribution in [2.24, 2.45) is 0 Å². The van der Waals surface area contributed by atoms with Crippen molar-refractivity contribution in [1.29, 1.82) is 0 Å². The molecule has 0 aromatic heterocycles. The van der Waals surface area contributed by atoms with Crippen molar-refractivity contribution >= 4 is 17.5 Å². The van der Waals surface area contributed by atoms with Gasteiger partial charge in [0, 0.05) is 18.6 Å². The summed E-state index contributed by atoms with van der Waals surface area (Å²) in [6, 6.07) is 17.6. The Labute approximate surface area is 131 Å². The van der Waals surface area contributed by atoms with Gasteiger partial charge in [0.1, 0.15) is 0 Å². The molecule has 0 saturated carbocycles. The third-order valence-corrected chi connectivity index (χ3v) is 3.83. The van der Waals surface area contributed by atoms with Crippen molar-refractivity contribution in [3.05, 3.63) is 70.7 Å². The minimum Gasteiger partial charge on any atom is -0.341 e. The number of hydrogen-bond donors (Lipinski definition) is 0. The lowest BCUT2D eigenvalue weighted by Crippen LogP contribution is -2.31. The summed E-state index contributed by atoms with van der Waals surface area (Å²) in [6.45, 7) is 2.62. The number of halogens is 1. The molecule has 2 aromatic rings. The highest BCUT2D eigenvalue weighted by atomic mass is 35.5. The highest BCUT2D eigenvalue weighted by Crippen LogP contribution is 2.22. The summed E-state index contributed by atoms with van der Waals surface area (Å²) in [5.41, 5.74) is 2.12. The van der Waals surface area contributed by atoms with Gasteiger partial charge in [0.2, 0.25) is 5.91 Å². The first-order valence-corrected chi connectivity index (χ1v) is 7.54. The van der Waals surface area contributed by atoms with E-state index in [1.807, 2.05) is 68.6 Å². The Hall–Kier alpha value is -1.80. The summed E-state index contributed by atoms with van der Waals surface area (Å²) in [7, 11) is 1.84. The molecule has 0 spiro atoms. The lowest BCUT2D eigenvalue weighted by atomic mass is 9.95. The van der Waals surface area contributed by atoms with E-state index in [2.05, 4.69) is 0 Å². The summed E-state index contributed by atoms with van der Waals surface area (Å²) in [4.78, 5) is 14.4. The van der Waals surface area contributed by atoms with Gasteiger partial charge in [-0.2, -0.15) is 0 Å². The number of carbonyl (C=O) groups excluding carboxylic acids is 1.